The largest absolute Gasteiger partial charge is 0.497 e. The highest BCUT2D eigenvalue weighted by molar-refractivity contribution is 5.88. The Balaban J connectivity index is 1.87. The summed E-state index contributed by atoms with van der Waals surface area (Å²) in [6, 6.07) is 16.0. The second kappa shape index (κ2) is 8.72. The SMILES string of the molecule is COc1ccc(OCC(=O)N[C@@H](Cc2ccccc2)C(C)=O)cc1. The number of methoxy groups -OCH3 is 1. The number of Topliss-reactive ketones (excluding diaryl/α,β-unsaturated/α-hetero) is 1. The van der Waals surface area contributed by atoms with Crippen LogP contribution < -0.4 is 14.8 Å². The van der Waals surface area contributed by atoms with E-state index < -0.39 is 6.04 Å². The number of amides is 1. The van der Waals surface area contributed by atoms with Crippen molar-refractivity contribution in [3.63, 3.8) is 0 Å². The molecule has 0 aliphatic heterocycles. The number of ether oxygens (including phenoxy) is 2. The molecule has 0 fully saturated rings. The van der Waals surface area contributed by atoms with Gasteiger partial charge in [-0.05, 0) is 43.2 Å². The van der Waals surface area contributed by atoms with Gasteiger partial charge in [0, 0.05) is 0 Å². The van der Waals surface area contributed by atoms with Gasteiger partial charge in [-0.3, -0.25) is 9.59 Å². The third kappa shape index (κ3) is 5.43. The number of hydrogen-bond donors (Lipinski definition) is 1. The predicted molar refractivity (Wildman–Crippen MR) is 91.2 cm³/mol. The molecule has 24 heavy (non-hydrogen) atoms. The van der Waals surface area contributed by atoms with E-state index in [1.807, 2.05) is 30.3 Å². The lowest BCUT2D eigenvalue weighted by molar-refractivity contribution is -0.128. The lowest BCUT2D eigenvalue weighted by Gasteiger charge is -2.16. The fourth-order valence-corrected chi connectivity index (χ4v) is 2.20. The summed E-state index contributed by atoms with van der Waals surface area (Å²) in [5.74, 6) is 0.860. The Morgan fingerprint density at radius 2 is 1.62 bits per heavy atom. The Bertz CT molecular complexity index is 668. The standard InChI is InChI=1S/C19H21NO4/c1-14(21)18(12-15-6-4-3-5-7-15)20-19(22)13-24-17-10-8-16(23-2)9-11-17/h3-11,18H,12-13H2,1-2H3,(H,20,22)/t18-/m0/s1. The fourth-order valence-electron chi connectivity index (χ4n) is 2.20. The Morgan fingerprint density at radius 3 is 2.21 bits per heavy atom. The summed E-state index contributed by atoms with van der Waals surface area (Å²) >= 11 is 0. The Morgan fingerprint density at radius 1 is 1.00 bits per heavy atom. The van der Waals surface area contributed by atoms with Gasteiger partial charge in [0.05, 0.1) is 13.2 Å². The molecule has 126 valence electrons. The molecule has 2 rings (SSSR count). The maximum atomic E-state index is 12.0. The monoisotopic (exact) mass is 327 g/mol. The maximum absolute atomic E-state index is 12.0. The Kier molecular flexibility index (Phi) is 6.37. The van der Waals surface area contributed by atoms with Crippen molar-refractivity contribution < 1.29 is 19.1 Å². The van der Waals surface area contributed by atoms with Crippen LogP contribution in [0.25, 0.3) is 0 Å². The molecular weight excluding hydrogens is 306 g/mol. The first-order valence-corrected chi connectivity index (χ1v) is 7.69. The van der Waals surface area contributed by atoms with Gasteiger partial charge in [-0.25, -0.2) is 0 Å². The molecule has 1 amide bonds. The topological polar surface area (TPSA) is 64.6 Å². The fraction of sp³-hybridized carbons (Fsp3) is 0.263. The van der Waals surface area contributed by atoms with E-state index in [0.717, 1.165) is 5.56 Å². The van der Waals surface area contributed by atoms with Crippen LogP contribution in [-0.4, -0.2) is 31.4 Å². The predicted octanol–water partition coefficient (Wildman–Crippen LogP) is 2.39. The van der Waals surface area contributed by atoms with Crippen molar-refractivity contribution in [2.45, 2.75) is 19.4 Å². The van der Waals surface area contributed by atoms with Crippen LogP contribution in [0.1, 0.15) is 12.5 Å². The highest BCUT2D eigenvalue weighted by atomic mass is 16.5. The van der Waals surface area contributed by atoms with E-state index in [1.54, 1.807) is 31.4 Å². The summed E-state index contributed by atoms with van der Waals surface area (Å²) in [4.78, 5) is 23.8. The first-order chi connectivity index (χ1) is 11.6. The van der Waals surface area contributed by atoms with Gasteiger partial charge in [-0.1, -0.05) is 30.3 Å². The van der Waals surface area contributed by atoms with Crippen molar-refractivity contribution in [2.75, 3.05) is 13.7 Å². The maximum Gasteiger partial charge on any atom is 0.258 e. The van der Waals surface area contributed by atoms with Crippen molar-refractivity contribution in [3.8, 4) is 11.5 Å². The van der Waals surface area contributed by atoms with E-state index in [9.17, 15) is 9.59 Å². The first-order valence-electron chi connectivity index (χ1n) is 7.69. The van der Waals surface area contributed by atoms with Gasteiger partial charge >= 0.3 is 0 Å². The molecule has 0 aliphatic carbocycles. The van der Waals surface area contributed by atoms with E-state index in [0.29, 0.717) is 17.9 Å². The lowest BCUT2D eigenvalue weighted by atomic mass is 10.0. The number of hydrogen-bond acceptors (Lipinski definition) is 4. The quantitative estimate of drug-likeness (QED) is 0.808. The third-order valence-corrected chi connectivity index (χ3v) is 3.54. The molecule has 2 aromatic rings. The molecule has 0 saturated heterocycles. The van der Waals surface area contributed by atoms with Crippen LogP contribution >= 0.6 is 0 Å². The minimum absolute atomic E-state index is 0.0864. The minimum atomic E-state index is -0.556. The molecule has 0 bridgehead atoms. The number of rotatable bonds is 8. The average molecular weight is 327 g/mol. The van der Waals surface area contributed by atoms with Gasteiger partial charge in [-0.15, -0.1) is 0 Å². The van der Waals surface area contributed by atoms with Crippen LogP contribution in [0.5, 0.6) is 11.5 Å². The molecule has 1 atom stereocenters. The van der Waals surface area contributed by atoms with E-state index in [1.165, 1.54) is 6.92 Å². The molecule has 0 saturated carbocycles. The number of carbonyl (C=O) groups is 2. The van der Waals surface area contributed by atoms with Crippen LogP contribution in [0.15, 0.2) is 54.6 Å². The zero-order valence-electron chi connectivity index (χ0n) is 13.8. The van der Waals surface area contributed by atoms with Gasteiger partial charge < -0.3 is 14.8 Å². The Labute approximate surface area is 141 Å². The zero-order valence-corrected chi connectivity index (χ0v) is 13.8. The van der Waals surface area contributed by atoms with E-state index in [-0.39, 0.29) is 18.3 Å². The number of ketones is 1. The Hall–Kier alpha value is -2.82. The molecule has 0 unspecified atom stereocenters. The van der Waals surface area contributed by atoms with Crippen LogP contribution in [0.2, 0.25) is 0 Å². The van der Waals surface area contributed by atoms with Crippen molar-refractivity contribution >= 4 is 11.7 Å². The summed E-state index contributed by atoms with van der Waals surface area (Å²) in [5, 5.41) is 2.72. The number of carbonyl (C=O) groups excluding carboxylic acids is 2. The van der Waals surface area contributed by atoms with E-state index >= 15 is 0 Å². The van der Waals surface area contributed by atoms with Crippen LogP contribution in [0.3, 0.4) is 0 Å². The molecule has 0 heterocycles. The molecule has 0 spiro atoms. The van der Waals surface area contributed by atoms with Gasteiger partial charge in [0.15, 0.2) is 12.4 Å². The van der Waals surface area contributed by atoms with Crippen LogP contribution in [0.4, 0.5) is 0 Å². The van der Waals surface area contributed by atoms with Crippen molar-refractivity contribution in [3.05, 3.63) is 60.2 Å². The molecule has 5 heteroatoms. The minimum Gasteiger partial charge on any atom is -0.497 e. The molecule has 2 aromatic carbocycles. The highest BCUT2D eigenvalue weighted by Crippen LogP contribution is 2.16. The molecule has 5 nitrogen and oxygen atoms in total. The third-order valence-electron chi connectivity index (χ3n) is 3.54. The summed E-state index contributed by atoms with van der Waals surface area (Å²) in [7, 11) is 1.58. The first kappa shape index (κ1) is 17.5. The van der Waals surface area contributed by atoms with Gasteiger partial charge in [-0.2, -0.15) is 0 Å². The van der Waals surface area contributed by atoms with Crippen LogP contribution in [-0.2, 0) is 16.0 Å². The summed E-state index contributed by atoms with van der Waals surface area (Å²) in [6.07, 6.45) is 0.463. The highest BCUT2D eigenvalue weighted by Gasteiger charge is 2.17. The zero-order chi connectivity index (χ0) is 17.4. The van der Waals surface area contributed by atoms with Crippen LogP contribution in [0, 0.1) is 0 Å². The second-order valence-electron chi connectivity index (χ2n) is 5.38. The molecule has 0 aromatic heterocycles. The molecular formula is C19H21NO4. The molecule has 1 N–H and O–H groups in total. The van der Waals surface area contributed by atoms with Gasteiger partial charge in [0.25, 0.3) is 5.91 Å². The normalized spacial score (nSPS) is 11.4. The van der Waals surface area contributed by atoms with Crippen molar-refractivity contribution in [2.24, 2.45) is 0 Å². The lowest BCUT2D eigenvalue weighted by Crippen LogP contribution is -2.43. The smallest absolute Gasteiger partial charge is 0.258 e. The van der Waals surface area contributed by atoms with E-state index in [2.05, 4.69) is 5.32 Å². The van der Waals surface area contributed by atoms with Gasteiger partial charge in [0.1, 0.15) is 11.5 Å². The van der Waals surface area contributed by atoms with E-state index in [4.69, 9.17) is 9.47 Å². The average Bonchev–Trinajstić information content (AvgIpc) is 2.60. The summed E-state index contributed by atoms with van der Waals surface area (Å²) < 4.78 is 10.5. The second-order valence-corrected chi connectivity index (χ2v) is 5.38. The van der Waals surface area contributed by atoms with Crippen molar-refractivity contribution in [1.29, 1.82) is 0 Å². The number of nitrogens with one attached hydrogen (secondary N) is 1. The molecule has 0 radical (unpaired) electrons. The van der Waals surface area contributed by atoms with Crippen molar-refractivity contribution in [1.82, 2.24) is 5.32 Å². The summed E-state index contributed by atoms with van der Waals surface area (Å²) in [6.45, 7) is 1.32. The molecule has 0 aliphatic rings. The van der Waals surface area contributed by atoms with Gasteiger partial charge in [0.2, 0.25) is 0 Å². The number of benzene rings is 2. The summed E-state index contributed by atoms with van der Waals surface area (Å²) in [5.41, 5.74) is 0.995.